The summed E-state index contributed by atoms with van der Waals surface area (Å²) in [6.07, 6.45) is 3.26. The van der Waals surface area contributed by atoms with Gasteiger partial charge in [0.15, 0.2) is 0 Å². The first-order chi connectivity index (χ1) is 8.27. The van der Waals surface area contributed by atoms with E-state index < -0.39 is 0 Å². The first-order valence-corrected chi connectivity index (χ1v) is 5.47. The molecule has 0 fully saturated rings. The van der Waals surface area contributed by atoms with Crippen LogP contribution in [-0.2, 0) is 6.54 Å². The van der Waals surface area contributed by atoms with Crippen molar-refractivity contribution in [3.05, 3.63) is 66.0 Å². The summed E-state index contributed by atoms with van der Waals surface area (Å²) in [6, 6.07) is 13.4. The van der Waals surface area contributed by atoms with Crippen LogP contribution < -0.4 is 0 Å². The molecule has 0 aliphatic heterocycles. The molecular weight excluding hydrogens is 212 g/mol. The van der Waals surface area contributed by atoms with Gasteiger partial charge >= 0.3 is 0 Å². The number of hydrogen-bond acceptors (Lipinski definition) is 2. The van der Waals surface area contributed by atoms with Gasteiger partial charge in [-0.1, -0.05) is 30.3 Å². The first-order valence-electron chi connectivity index (χ1n) is 5.47. The van der Waals surface area contributed by atoms with Crippen LogP contribution in [0.25, 0.3) is 0 Å². The zero-order valence-electron chi connectivity index (χ0n) is 9.71. The van der Waals surface area contributed by atoms with E-state index in [-0.39, 0.29) is 5.91 Å². The molecule has 0 N–H and O–H groups in total. The molecule has 1 amide bonds. The third-order valence-corrected chi connectivity index (χ3v) is 2.54. The van der Waals surface area contributed by atoms with Crippen LogP contribution in [0.15, 0.2) is 54.9 Å². The molecule has 0 radical (unpaired) electrons. The molecule has 0 aliphatic carbocycles. The van der Waals surface area contributed by atoms with Crippen molar-refractivity contribution in [3.63, 3.8) is 0 Å². The fourth-order valence-electron chi connectivity index (χ4n) is 1.64. The van der Waals surface area contributed by atoms with Gasteiger partial charge in [0.2, 0.25) is 0 Å². The Kier molecular flexibility index (Phi) is 3.50. The molecule has 3 heteroatoms. The largest absolute Gasteiger partial charge is 0.337 e. The summed E-state index contributed by atoms with van der Waals surface area (Å²) in [5.74, 6) is 0.0104. The van der Waals surface area contributed by atoms with Crippen molar-refractivity contribution < 1.29 is 4.79 Å². The van der Waals surface area contributed by atoms with Gasteiger partial charge in [0, 0.05) is 31.5 Å². The lowest BCUT2D eigenvalue weighted by molar-refractivity contribution is 0.0785. The van der Waals surface area contributed by atoms with Gasteiger partial charge in [-0.05, 0) is 17.7 Å². The van der Waals surface area contributed by atoms with E-state index in [1.807, 2.05) is 30.3 Å². The normalized spacial score (nSPS) is 9.94. The van der Waals surface area contributed by atoms with Crippen molar-refractivity contribution >= 4 is 5.91 Å². The number of nitrogens with zero attached hydrogens (tertiary/aromatic N) is 2. The number of benzene rings is 1. The van der Waals surface area contributed by atoms with Crippen LogP contribution in [0.3, 0.4) is 0 Å². The predicted octanol–water partition coefficient (Wildman–Crippen LogP) is 2.35. The minimum Gasteiger partial charge on any atom is -0.337 e. The van der Waals surface area contributed by atoms with Crippen molar-refractivity contribution in [2.45, 2.75) is 6.54 Å². The van der Waals surface area contributed by atoms with Gasteiger partial charge in [-0.15, -0.1) is 0 Å². The third kappa shape index (κ3) is 2.91. The summed E-state index contributed by atoms with van der Waals surface area (Å²) in [7, 11) is 1.80. The number of pyridine rings is 1. The van der Waals surface area contributed by atoms with E-state index in [9.17, 15) is 4.79 Å². The lowest BCUT2D eigenvalue weighted by Crippen LogP contribution is -2.26. The minimum absolute atomic E-state index is 0.0104. The number of hydrogen-bond donors (Lipinski definition) is 0. The highest BCUT2D eigenvalue weighted by Crippen LogP contribution is 2.07. The van der Waals surface area contributed by atoms with Gasteiger partial charge in [-0.25, -0.2) is 0 Å². The van der Waals surface area contributed by atoms with Gasteiger partial charge in [0.25, 0.3) is 5.91 Å². The molecule has 0 saturated heterocycles. The van der Waals surface area contributed by atoms with Crippen molar-refractivity contribution in [1.82, 2.24) is 9.88 Å². The molecule has 1 heterocycles. The van der Waals surface area contributed by atoms with E-state index >= 15 is 0 Å². The molecule has 1 aromatic carbocycles. The summed E-state index contributed by atoms with van der Waals surface area (Å²) in [5, 5.41) is 0. The summed E-state index contributed by atoms with van der Waals surface area (Å²) in [6.45, 7) is 0.613. The molecule has 0 aliphatic rings. The summed E-state index contributed by atoms with van der Waals surface area (Å²) in [4.78, 5) is 17.6. The lowest BCUT2D eigenvalue weighted by Gasteiger charge is -2.17. The van der Waals surface area contributed by atoms with Crippen LogP contribution in [0.4, 0.5) is 0 Å². The second-order valence-corrected chi connectivity index (χ2v) is 3.88. The van der Waals surface area contributed by atoms with Crippen molar-refractivity contribution in [1.29, 1.82) is 0 Å². The maximum absolute atomic E-state index is 12.0. The van der Waals surface area contributed by atoms with E-state index in [2.05, 4.69) is 4.98 Å². The molecule has 0 spiro atoms. The number of carbonyl (C=O) groups excluding carboxylic acids is 1. The van der Waals surface area contributed by atoms with E-state index in [0.29, 0.717) is 12.1 Å². The highest BCUT2D eigenvalue weighted by molar-refractivity contribution is 5.93. The van der Waals surface area contributed by atoms with Gasteiger partial charge in [-0.2, -0.15) is 0 Å². The molecule has 0 unspecified atom stereocenters. The fraction of sp³-hybridized carbons (Fsp3) is 0.143. The summed E-state index contributed by atoms with van der Waals surface area (Å²) >= 11 is 0. The maximum atomic E-state index is 12.0. The van der Waals surface area contributed by atoms with Crippen LogP contribution in [0.1, 0.15) is 15.9 Å². The van der Waals surface area contributed by atoms with Crippen LogP contribution in [0, 0.1) is 0 Å². The highest BCUT2D eigenvalue weighted by Gasteiger charge is 2.10. The standard InChI is InChI=1S/C14H14N2O/c1-16(11-12-5-3-2-4-6-12)14(17)13-7-9-15-10-8-13/h2-10H,11H2,1H3. The Hall–Kier alpha value is -2.16. The average Bonchev–Trinajstić information content (AvgIpc) is 2.40. The quantitative estimate of drug-likeness (QED) is 0.805. The monoisotopic (exact) mass is 226 g/mol. The molecule has 3 nitrogen and oxygen atoms in total. The molecule has 2 rings (SSSR count). The van der Waals surface area contributed by atoms with E-state index in [0.717, 1.165) is 5.56 Å². The molecular formula is C14H14N2O. The Labute approximate surface area is 101 Å². The number of aromatic nitrogens is 1. The summed E-state index contributed by atoms with van der Waals surface area (Å²) in [5.41, 5.74) is 1.79. The van der Waals surface area contributed by atoms with Gasteiger partial charge in [0.05, 0.1) is 0 Å². The zero-order chi connectivity index (χ0) is 12.1. The molecule has 17 heavy (non-hydrogen) atoms. The summed E-state index contributed by atoms with van der Waals surface area (Å²) < 4.78 is 0. The fourth-order valence-corrected chi connectivity index (χ4v) is 1.64. The third-order valence-electron chi connectivity index (χ3n) is 2.54. The van der Waals surface area contributed by atoms with E-state index in [1.165, 1.54) is 0 Å². The SMILES string of the molecule is CN(Cc1ccccc1)C(=O)c1ccncc1. The van der Waals surface area contributed by atoms with Crippen molar-refractivity contribution in [3.8, 4) is 0 Å². The number of rotatable bonds is 3. The average molecular weight is 226 g/mol. The van der Waals surface area contributed by atoms with Crippen LogP contribution >= 0.6 is 0 Å². The van der Waals surface area contributed by atoms with Crippen LogP contribution in [0.2, 0.25) is 0 Å². The van der Waals surface area contributed by atoms with Crippen LogP contribution in [0.5, 0.6) is 0 Å². The predicted molar refractivity (Wildman–Crippen MR) is 66.5 cm³/mol. The molecule has 86 valence electrons. The first kappa shape index (κ1) is 11.3. The number of amides is 1. The Balaban J connectivity index is 2.06. The van der Waals surface area contributed by atoms with E-state index in [1.54, 1.807) is 36.5 Å². The topological polar surface area (TPSA) is 33.2 Å². The Morgan fingerprint density at radius 2 is 1.76 bits per heavy atom. The number of carbonyl (C=O) groups is 1. The maximum Gasteiger partial charge on any atom is 0.254 e. The van der Waals surface area contributed by atoms with E-state index in [4.69, 9.17) is 0 Å². The molecule has 2 aromatic rings. The minimum atomic E-state index is 0.0104. The Bertz CT molecular complexity index is 482. The smallest absolute Gasteiger partial charge is 0.254 e. The molecule has 0 bridgehead atoms. The molecule has 0 saturated carbocycles. The second kappa shape index (κ2) is 5.25. The Morgan fingerprint density at radius 3 is 2.41 bits per heavy atom. The van der Waals surface area contributed by atoms with Gasteiger partial charge < -0.3 is 4.90 Å². The highest BCUT2D eigenvalue weighted by atomic mass is 16.2. The van der Waals surface area contributed by atoms with Crippen molar-refractivity contribution in [2.75, 3.05) is 7.05 Å². The lowest BCUT2D eigenvalue weighted by atomic mass is 10.2. The Morgan fingerprint density at radius 1 is 1.12 bits per heavy atom. The molecule has 1 aromatic heterocycles. The zero-order valence-corrected chi connectivity index (χ0v) is 9.71. The van der Waals surface area contributed by atoms with Gasteiger partial charge in [0.1, 0.15) is 0 Å². The van der Waals surface area contributed by atoms with Crippen molar-refractivity contribution in [2.24, 2.45) is 0 Å². The van der Waals surface area contributed by atoms with Gasteiger partial charge in [-0.3, -0.25) is 9.78 Å². The molecule has 0 atom stereocenters. The van der Waals surface area contributed by atoms with Crippen LogP contribution in [-0.4, -0.2) is 22.8 Å². The second-order valence-electron chi connectivity index (χ2n) is 3.88.